The predicted molar refractivity (Wildman–Crippen MR) is 136 cm³/mol. The zero-order valence-corrected chi connectivity index (χ0v) is 20.7. The molecule has 1 heterocycles. The fraction of sp³-hybridized carbons (Fsp3) is 0.345. The Morgan fingerprint density at radius 3 is 2.74 bits per heavy atom. The number of alkyl halides is 1. The monoisotopic (exact) mass is 478 g/mol. The molecule has 0 bridgehead atoms. The zero-order valence-electron chi connectivity index (χ0n) is 20.0. The lowest BCUT2D eigenvalue weighted by molar-refractivity contribution is -0.140. The summed E-state index contributed by atoms with van der Waals surface area (Å²) >= 11 is 5.78. The molecule has 0 amide bonds. The number of rotatable bonds is 9. The van der Waals surface area contributed by atoms with Gasteiger partial charge in [-0.3, -0.25) is 4.79 Å². The topological polar surface area (TPSA) is 44.8 Å². The summed E-state index contributed by atoms with van der Waals surface area (Å²) in [5.41, 5.74) is 4.42. The Morgan fingerprint density at radius 2 is 2.06 bits per heavy atom. The maximum absolute atomic E-state index is 11.7. The minimum Gasteiger partial charge on any atom is -0.489 e. The number of carbonyl (C=O) groups is 1. The van der Waals surface area contributed by atoms with Crippen molar-refractivity contribution in [1.82, 2.24) is 0 Å². The van der Waals surface area contributed by atoms with Crippen molar-refractivity contribution in [2.75, 3.05) is 13.0 Å². The molecule has 0 aromatic heterocycles. The molecule has 178 valence electrons. The number of methoxy groups -OCH3 is 1. The third-order valence-electron chi connectivity index (χ3n) is 5.78. The van der Waals surface area contributed by atoms with Crippen molar-refractivity contribution in [3.05, 3.63) is 83.0 Å². The van der Waals surface area contributed by atoms with Crippen molar-refractivity contribution < 1.29 is 19.0 Å². The average Bonchev–Trinajstić information content (AvgIpc) is 2.87. The van der Waals surface area contributed by atoms with Gasteiger partial charge in [-0.05, 0) is 73.2 Å². The molecule has 1 aliphatic heterocycles. The first kappa shape index (κ1) is 25.5. The molecule has 0 spiro atoms. The van der Waals surface area contributed by atoms with Gasteiger partial charge in [0.05, 0.1) is 19.4 Å². The number of halogens is 1. The van der Waals surface area contributed by atoms with E-state index in [4.69, 9.17) is 25.8 Å². The van der Waals surface area contributed by atoms with Gasteiger partial charge in [-0.25, -0.2) is 0 Å². The lowest BCUT2D eigenvalue weighted by Gasteiger charge is -2.27. The van der Waals surface area contributed by atoms with Gasteiger partial charge >= 0.3 is 5.97 Å². The summed E-state index contributed by atoms with van der Waals surface area (Å²) < 4.78 is 17.0. The van der Waals surface area contributed by atoms with E-state index in [-0.39, 0.29) is 24.4 Å². The minimum absolute atomic E-state index is 0.0537. The molecule has 0 radical (unpaired) electrons. The van der Waals surface area contributed by atoms with Crippen molar-refractivity contribution in [2.45, 2.75) is 51.7 Å². The number of fused-ring (bicyclic) bond motifs is 1. The lowest BCUT2D eigenvalue weighted by Crippen LogP contribution is -2.24. The number of aryl methyl sites for hydroxylation is 1. The summed E-state index contributed by atoms with van der Waals surface area (Å²) in [7, 11) is 1.39. The molecule has 0 fully saturated rings. The predicted octanol–water partition coefficient (Wildman–Crippen LogP) is 6.37. The van der Waals surface area contributed by atoms with E-state index in [9.17, 15) is 4.79 Å². The van der Waals surface area contributed by atoms with Crippen LogP contribution in [0, 0.1) is 11.8 Å². The van der Waals surface area contributed by atoms with Crippen LogP contribution < -0.4 is 9.47 Å². The van der Waals surface area contributed by atoms with Crippen molar-refractivity contribution in [2.24, 2.45) is 0 Å². The van der Waals surface area contributed by atoms with Gasteiger partial charge in [0.25, 0.3) is 0 Å². The molecule has 0 aliphatic carbocycles. The van der Waals surface area contributed by atoms with Crippen LogP contribution >= 0.6 is 11.6 Å². The molecular formula is C29H31ClO4. The fourth-order valence-electron chi connectivity index (χ4n) is 3.98. The number of esters is 1. The SMILES string of the molecule is CC#CC(CC(=O)OC)c1ccc(OCc2ccc3c(c2)CCC(C(/C=C\CCl)=C/C)O3)cc1. The molecule has 1 aliphatic rings. The maximum atomic E-state index is 11.7. The molecule has 2 unspecified atom stereocenters. The molecule has 3 rings (SSSR count). The van der Waals surface area contributed by atoms with Crippen LogP contribution in [0.1, 0.15) is 49.3 Å². The Balaban J connectivity index is 1.61. The second-order valence-corrected chi connectivity index (χ2v) is 8.33. The van der Waals surface area contributed by atoms with E-state index in [1.54, 1.807) is 6.92 Å². The summed E-state index contributed by atoms with van der Waals surface area (Å²) in [6.07, 6.45) is 8.24. The summed E-state index contributed by atoms with van der Waals surface area (Å²) in [4.78, 5) is 11.7. The molecule has 0 N–H and O–H groups in total. The number of carbonyl (C=O) groups excluding carboxylic acids is 1. The fourth-order valence-corrected chi connectivity index (χ4v) is 4.07. The molecular weight excluding hydrogens is 448 g/mol. The van der Waals surface area contributed by atoms with E-state index in [1.807, 2.05) is 55.5 Å². The largest absolute Gasteiger partial charge is 0.489 e. The van der Waals surface area contributed by atoms with Crippen molar-refractivity contribution in [3.63, 3.8) is 0 Å². The van der Waals surface area contributed by atoms with Gasteiger partial charge in [-0.1, -0.05) is 42.3 Å². The Morgan fingerprint density at radius 1 is 1.26 bits per heavy atom. The summed E-state index contributed by atoms with van der Waals surface area (Å²) in [5, 5.41) is 0. The highest BCUT2D eigenvalue weighted by Gasteiger charge is 2.22. The van der Waals surface area contributed by atoms with Gasteiger partial charge in [0.2, 0.25) is 0 Å². The highest BCUT2D eigenvalue weighted by molar-refractivity contribution is 6.18. The third kappa shape index (κ3) is 6.92. The highest BCUT2D eigenvalue weighted by Crippen LogP contribution is 2.32. The van der Waals surface area contributed by atoms with E-state index >= 15 is 0 Å². The number of hydrogen-bond donors (Lipinski definition) is 0. The highest BCUT2D eigenvalue weighted by atomic mass is 35.5. The third-order valence-corrected chi connectivity index (χ3v) is 5.96. The second kappa shape index (κ2) is 12.9. The Hall–Kier alpha value is -3.16. The van der Waals surface area contributed by atoms with Gasteiger partial charge in [0.15, 0.2) is 0 Å². The van der Waals surface area contributed by atoms with Crippen molar-refractivity contribution in [3.8, 4) is 23.3 Å². The first-order valence-electron chi connectivity index (χ1n) is 11.5. The van der Waals surface area contributed by atoms with E-state index in [0.717, 1.165) is 41.0 Å². The molecule has 2 aromatic carbocycles. The molecule has 2 atom stereocenters. The zero-order chi connectivity index (χ0) is 24.3. The minimum atomic E-state index is -0.274. The van der Waals surface area contributed by atoms with E-state index < -0.39 is 0 Å². The summed E-state index contributed by atoms with van der Waals surface area (Å²) in [5.74, 6) is 7.69. The van der Waals surface area contributed by atoms with Crippen LogP contribution in [0.5, 0.6) is 11.5 Å². The quantitative estimate of drug-likeness (QED) is 0.182. The van der Waals surface area contributed by atoms with Gasteiger partial charge in [-0.15, -0.1) is 17.5 Å². The van der Waals surface area contributed by atoms with E-state index in [1.165, 1.54) is 12.7 Å². The van der Waals surface area contributed by atoms with Crippen LogP contribution in [-0.2, 0) is 22.6 Å². The number of hydrogen-bond acceptors (Lipinski definition) is 4. The molecule has 4 nitrogen and oxygen atoms in total. The van der Waals surface area contributed by atoms with Crippen LogP contribution in [-0.4, -0.2) is 25.1 Å². The first-order valence-corrected chi connectivity index (χ1v) is 12.0. The van der Waals surface area contributed by atoms with Crippen LogP contribution in [0.25, 0.3) is 0 Å². The molecule has 5 heteroatoms. The van der Waals surface area contributed by atoms with Crippen LogP contribution in [0.4, 0.5) is 0 Å². The maximum Gasteiger partial charge on any atom is 0.307 e. The van der Waals surface area contributed by atoms with Crippen LogP contribution in [0.15, 0.2) is 66.3 Å². The number of ether oxygens (including phenoxy) is 3. The molecule has 34 heavy (non-hydrogen) atoms. The van der Waals surface area contributed by atoms with Crippen LogP contribution in [0.3, 0.4) is 0 Å². The molecule has 0 saturated carbocycles. The van der Waals surface area contributed by atoms with Crippen molar-refractivity contribution in [1.29, 1.82) is 0 Å². The van der Waals surface area contributed by atoms with Gasteiger partial charge < -0.3 is 14.2 Å². The normalized spacial score (nSPS) is 16.1. The number of allylic oxidation sites excluding steroid dienone is 2. The molecule has 0 saturated heterocycles. The Kier molecular flexibility index (Phi) is 9.67. The first-order chi connectivity index (χ1) is 16.6. The Labute approximate surface area is 207 Å². The van der Waals surface area contributed by atoms with E-state index in [0.29, 0.717) is 12.5 Å². The van der Waals surface area contributed by atoms with Gasteiger partial charge in [0.1, 0.15) is 24.2 Å². The molecule has 2 aromatic rings. The van der Waals surface area contributed by atoms with E-state index in [2.05, 4.69) is 24.0 Å². The summed E-state index contributed by atoms with van der Waals surface area (Å²) in [6.45, 7) is 4.26. The Bertz CT molecular complexity index is 1090. The number of benzene rings is 2. The second-order valence-electron chi connectivity index (χ2n) is 8.02. The van der Waals surface area contributed by atoms with Gasteiger partial charge in [0, 0.05) is 5.88 Å². The standard InChI is InChI=1S/C29H31ClO4/c1-4-7-24(19-29(31)32-3)23-10-13-26(14-11-23)33-20-21-9-15-28-25(18-21)12-16-27(34-28)22(5-2)8-6-17-30/h5-6,8-11,13-15,18,24,27H,12,16-17,19-20H2,1-3H3/b8-6-,22-5+. The van der Waals surface area contributed by atoms with Crippen LogP contribution in [0.2, 0.25) is 0 Å². The average molecular weight is 479 g/mol. The smallest absolute Gasteiger partial charge is 0.307 e. The van der Waals surface area contributed by atoms with Crippen molar-refractivity contribution >= 4 is 17.6 Å². The summed E-state index contributed by atoms with van der Waals surface area (Å²) in [6, 6.07) is 14.0. The van der Waals surface area contributed by atoms with Gasteiger partial charge in [-0.2, -0.15) is 0 Å². The lowest BCUT2D eigenvalue weighted by atomic mass is 9.96.